The van der Waals surface area contributed by atoms with Crippen molar-refractivity contribution in [1.29, 1.82) is 0 Å². The van der Waals surface area contributed by atoms with Gasteiger partial charge in [-0.15, -0.1) is 0 Å². The quantitative estimate of drug-likeness (QED) is 0.172. The molecule has 2 aromatic carbocycles. The van der Waals surface area contributed by atoms with Crippen molar-refractivity contribution in [3.63, 3.8) is 0 Å². The van der Waals surface area contributed by atoms with Crippen LogP contribution in [-0.4, -0.2) is 47.7 Å². The number of carbonyl (C=O) groups is 2. The van der Waals surface area contributed by atoms with Gasteiger partial charge < -0.3 is 21.7 Å². The predicted molar refractivity (Wildman–Crippen MR) is 91.5 cm³/mol. The number of hydrogen-bond donors (Lipinski definition) is 6. The number of fused-ring (bicyclic) bond motifs is 2. The number of phenols is 2. The molecule has 0 atom stereocenters. The Labute approximate surface area is 156 Å². The van der Waals surface area contributed by atoms with E-state index in [1.54, 1.807) is 0 Å². The molecule has 3 rings (SSSR count). The lowest BCUT2D eigenvalue weighted by atomic mass is 9.81. The van der Waals surface area contributed by atoms with Gasteiger partial charge in [-0.2, -0.15) is 16.8 Å². The number of rotatable bonds is 2. The normalized spacial score (nSPS) is 13.9. The zero-order valence-corrected chi connectivity index (χ0v) is 15.0. The first kappa shape index (κ1) is 19.6. The smallest absolute Gasteiger partial charge is 0.298 e. The minimum Gasteiger partial charge on any atom is -0.507 e. The summed E-state index contributed by atoms with van der Waals surface area (Å²) in [5.41, 5.74) is 6.37. The van der Waals surface area contributed by atoms with E-state index in [9.17, 15) is 41.2 Å². The number of ketones is 2. The first-order valence-corrected chi connectivity index (χ1v) is 9.91. The molecule has 0 radical (unpaired) electrons. The number of aromatic hydroxyl groups is 2. The van der Waals surface area contributed by atoms with Gasteiger partial charge >= 0.3 is 0 Å². The average molecular weight is 430 g/mol. The van der Waals surface area contributed by atoms with Gasteiger partial charge in [-0.3, -0.25) is 18.7 Å². The van der Waals surface area contributed by atoms with E-state index in [0.717, 1.165) is 0 Å². The Kier molecular flexibility index (Phi) is 3.95. The van der Waals surface area contributed by atoms with Gasteiger partial charge in [0, 0.05) is 11.8 Å². The first-order valence-electron chi connectivity index (χ1n) is 7.03. The molecule has 12 nitrogen and oxygen atoms in total. The third-order valence-electron chi connectivity index (χ3n) is 4.07. The lowest BCUT2D eigenvalue weighted by Crippen LogP contribution is -2.26. The number of nitrogen functional groups attached to an aromatic ring is 2. The molecule has 0 spiro atoms. The molecule has 0 amide bonds. The van der Waals surface area contributed by atoms with Crippen LogP contribution in [0.2, 0.25) is 0 Å². The SMILES string of the molecule is Nc1cc(S(=O)(=O)O)c(O)c2c1C(=O)c1c(N)c(S(=O)(=O)O)cc(O)c1C2=O. The van der Waals surface area contributed by atoms with Crippen LogP contribution in [0.5, 0.6) is 11.5 Å². The summed E-state index contributed by atoms with van der Waals surface area (Å²) in [6.07, 6.45) is 0. The maximum Gasteiger partial charge on any atom is 0.298 e. The Balaban J connectivity index is 2.50. The molecule has 1 aliphatic carbocycles. The van der Waals surface area contributed by atoms with Gasteiger partial charge in [0.25, 0.3) is 20.2 Å². The third kappa shape index (κ3) is 2.58. The van der Waals surface area contributed by atoms with Gasteiger partial charge in [0.2, 0.25) is 5.78 Å². The largest absolute Gasteiger partial charge is 0.507 e. The highest BCUT2D eigenvalue weighted by atomic mass is 32.2. The molecule has 0 unspecified atom stereocenters. The second-order valence-electron chi connectivity index (χ2n) is 5.73. The van der Waals surface area contributed by atoms with Gasteiger partial charge in [-0.05, 0) is 6.07 Å². The van der Waals surface area contributed by atoms with Crippen LogP contribution in [0.4, 0.5) is 11.4 Å². The van der Waals surface area contributed by atoms with E-state index < -0.39 is 86.7 Å². The highest BCUT2D eigenvalue weighted by molar-refractivity contribution is 7.86. The summed E-state index contributed by atoms with van der Waals surface area (Å²) in [6, 6.07) is 0.926. The lowest BCUT2D eigenvalue weighted by molar-refractivity contribution is 0.0974. The second-order valence-corrected chi connectivity index (χ2v) is 8.51. The fourth-order valence-corrected chi connectivity index (χ4v) is 4.18. The molecular weight excluding hydrogens is 420 g/mol. The van der Waals surface area contributed by atoms with E-state index in [1.165, 1.54) is 0 Å². The molecule has 0 fully saturated rings. The molecule has 0 aliphatic heterocycles. The number of benzene rings is 2. The third-order valence-corrected chi connectivity index (χ3v) is 5.83. The van der Waals surface area contributed by atoms with Gasteiger partial charge in [0.1, 0.15) is 21.3 Å². The maximum atomic E-state index is 12.8. The van der Waals surface area contributed by atoms with E-state index in [-0.39, 0.29) is 0 Å². The molecule has 0 saturated heterocycles. The van der Waals surface area contributed by atoms with E-state index >= 15 is 0 Å². The average Bonchev–Trinajstić information content (AvgIpc) is 2.53. The van der Waals surface area contributed by atoms with Crippen molar-refractivity contribution in [2.24, 2.45) is 0 Å². The topological polar surface area (TPSA) is 235 Å². The van der Waals surface area contributed by atoms with Crippen LogP contribution in [-0.2, 0) is 20.2 Å². The fraction of sp³-hybridized carbons (Fsp3) is 0. The molecule has 28 heavy (non-hydrogen) atoms. The van der Waals surface area contributed by atoms with E-state index in [2.05, 4.69) is 0 Å². The molecule has 0 saturated carbocycles. The molecule has 8 N–H and O–H groups in total. The summed E-state index contributed by atoms with van der Waals surface area (Å²) in [5, 5.41) is 20.2. The van der Waals surface area contributed by atoms with Gasteiger partial charge in [-0.25, -0.2) is 0 Å². The number of phenolic OH excluding ortho intramolecular Hbond substituents is 2. The Hall–Kier alpha value is -3.20. The van der Waals surface area contributed by atoms with Crippen molar-refractivity contribution in [1.82, 2.24) is 0 Å². The summed E-state index contributed by atoms with van der Waals surface area (Å²) in [6.45, 7) is 0. The van der Waals surface area contributed by atoms with Crippen molar-refractivity contribution in [2.45, 2.75) is 9.79 Å². The second kappa shape index (κ2) is 5.65. The summed E-state index contributed by atoms with van der Waals surface area (Å²) < 4.78 is 63.9. The predicted octanol–water partition coefficient (Wildman–Crippen LogP) is -0.469. The minimum atomic E-state index is -5.05. The van der Waals surface area contributed by atoms with Crippen LogP contribution in [0.15, 0.2) is 21.9 Å². The van der Waals surface area contributed by atoms with Crippen LogP contribution in [0.25, 0.3) is 0 Å². The maximum absolute atomic E-state index is 12.8. The van der Waals surface area contributed by atoms with Gasteiger partial charge in [-0.1, -0.05) is 0 Å². The standard InChI is InChI=1S/C14H10N2O10S2/c15-3-1-6(28(24,25)26)12(18)10-7(3)13(19)9-8(14(10)20)4(17)2-5(11(9)16)27(21,22)23/h1-2,17-18H,15-16H2,(H,21,22,23)(H,24,25,26). The van der Waals surface area contributed by atoms with E-state index in [4.69, 9.17) is 16.0 Å². The zero-order chi connectivity index (χ0) is 21.3. The molecular formula is C14H10N2O10S2. The molecule has 2 aromatic rings. The Morgan fingerprint density at radius 3 is 1.71 bits per heavy atom. The van der Waals surface area contributed by atoms with Crippen LogP contribution < -0.4 is 11.5 Å². The Morgan fingerprint density at radius 1 is 0.714 bits per heavy atom. The molecule has 148 valence electrons. The van der Waals surface area contributed by atoms with Crippen molar-refractivity contribution in [2.75, 3.05) is 11.5 Å². The first-order chi connectivity index (χ1) is 12.7. The number of carbonyl (C=O) groups excluding carboxylic acids is 2. The molecule has 1 aliphatic rings. The summed E-state index contributed by atoms with van der Waals surface area (Å²) in [4.78, 5) is 23.4. The zero-order valence-electron chi connectivity index (χ0n) is 13.4. The molecule has 14 heteroatoms. The van der Waals surface area contributed by atoms with Crippen LogP contribution in [0, 0.1) is 0 Å². The molecule has 0 heterocycles. The Morgan fingerprint density at radius 2 is 1.21 bits per heavy atom. The summed E-state index contributed by atoms with van der Waals surface area (Å²) >= 11 is 0. The van der Waals surface area contributed by atoms with Gasteiger partial charge in [0.15, 0.2) is 5.78 Å². The van der Waals surface area contributed by atoms with E-state index in [0.29, 0.717) is 12.1 Å². The van der Waals surface area contributed by atoms with Crippen molar-refractivity contribution in [3.05, 3.63) is 34.4 Å². The van der Waals surface area contributed by atoms with Crippen molar-refractivity contribution < 1.29 is 45.7 Å². The Bertz CT molecular complexity index is 1220. The number of anilines is 2. The fourth-order valence-electron chi connectivity index (χ4n) is 2.92. The monoisotopic (exact) mass is 430 g/mol. The van der Waals surface area contributed by atoms with Crippen LogP contribution in [0.3, 0.4) is 0 Å². The van der Waals surface area contributed by atoms with Crippen LogP contribution >= 0.6 is 0 Å². The summed E-state index contributed by atoms with van der Waals surface area (Å²) in [5.74, 6) is -4.92. The molecule has 0 aromatic heterocycles. The van der Waals surface area contributed by atoms with Crippen molar-refractivity contribution in [3.8, 4) is 11.5 Å². The minimum absolute atomic E-state index is 0.409. The van der Waals surface area contributed by atoms with E-state index in [1.807, 2.05) is 0 Å². The highest BCUT2D eigenvalue weighted by Crippen LogP contribution is 2.45. The molecule has 0 bridgehead atoms. The van der Waals surface area contributed by atoms with Crippen LogP contribution in [0.1, 0.15) is 31.8 Å². The summed E-state index contributed by atoms with van der Waals surface area (Å²) in [7, 11) is -10.0. The number of hydrogen-bond acceptors (Lipinski definition) is 10. The van der Waals surface area contributed by atoms with Gasteiger partial charge in [0.05, 0.1) is 27.9 Å². The van der Waals surface area contributed by atoms with Crippen molar-refractivity contribution >= 4 is 43.2 Å². The number of nitrogens with two attached hydrogens (primary N) is 2. The highest BCUT2D eigenvalue weighted by Gasteiger charge is 2.41. The lowest BCUT2D eigenvalue weighted by Gasteiger charge is -2.23.